The third-order valence-corrected chi connectivity index (χ3v) is 5.82. The molecule has 0 amide bonds. The van der Waals surface area contributed by atoms with Gasteiger partial charge in [0.25, 0.3) is 0 Å². The molecular formula is C21H34O4. The number of ether oxygens (including phenoxy) is 2. The van der Waals surface area contributed by atoms with E-state index >= 15 is 0 Å². The second-order valence-corrected chi connectivity index (χ2v) is 7.85. The summed E-state index contributed by atoms with van der Waals surface area (Å²) in [5, 5.41) is 0. The van der Waals surface area contributed by atoms with Crippen LogP contribution in [0.3, 0.4) is 0 Å². The van der Waals surface area contributed by atoms with Gasteiger partial charge in [-0.05, 0) is 38.5 Å². The average Bonchev–Trinajstić information content (AvgIpc) is 3.28. The van der Waals surface area contributed by atoms with Crippen molar-refractivity contribution in [2.24, 2.45) is 17.3 Å². The Morgan fingerprint density at radius 2 is 1.28 bits per heavy atom. The van der Waals surface area contributed by atoms with Gasteiger partial charge in [0.1, 0.15) is 0 Å². The van der Waals surface area contributed by atoms with Crippen LogP contribution in [0.4, 0.5) is 0 Å². The van der Waals surface area contributed by atoms with Crippen molar-refractivity contribution in [3.63, 3.8) is 0 Å². The molecule has 0 N–H and O–H groups in total. The summed E-state index contributed by atoms with van der Waals surface area (Å²) in [6, 6.07) is 0. The quantitative estimate of drug-likeness (QED) is 0.340. The number of rotatable bonds is 9. The van der Waals surface area contributed by atoms with Gasteiger partial charge in [-0.25, -0.2) is 0 Å². The normalized spacial score (nSPS) is 19.6. The van der Waals surface area contributed by atoms with Gasteiger partial charge < -0.3 is 9.47 Å². The Morgan fingerprint density at radius 1 is 0.880 bits per heavy atom. The lowest BCUT2D eigenvalue weighted by Crippen LogP contribution is -2.38. The van der Waals surface area contributed by atoms with Gasteiger partial charge in [-0.2, -0.15) is 0 Å². The second kappa shape index (κ2) is 9.98. The van der Waals surface area contributed by atoms with E-state index in [-0.39, 0.29) is 0 Å². The molecule has 2 aliphatic rings. The Balaban J connectivity index is 1.79. The van der Waals surface area contributed by atoms with Crippen LogP contribution in [0.2, 0.25) is 0 Å². The Labute approximate surface area is 152 Å². The molecule has 0 atom stereocenters. The molecule has 4 heteroatoms. The van der Waals surface area contributed by atoms with Crippen LogP contribution >= 0.6 is 0 Å². The topological polar surface area (TPSA) is 52.6 Å². The maximum absolute atomic E-state index is 12.5. The number of allylic oxidation sites excluding steroid dienone is 1. The molecule has 0 saturated heterocycles. The monoisotopic (exact) mass is 350 g/mol. The largest absolute Gasteiger partial charge is 0.465 e. The summed E-state index contributed by atoms with van der Waals surface area (Å²) in [4.78, 5) is 25.0. The highest BCUT2D eigenvalue weighted by Crippen LogP contribution is 2.30. The summed E-state index contributed by atoms with van der Waals surface area (Å²) in [6.45, 7) is 4.19. The highest BCUT2D eigenvalue weighted by Gasteiger charge is 2.42. The van der Waals surface area contributed by atoms with Crippen molar-refractivity contribution in [1.29, 1.82) is 0 Å². The van der Waals surface area contributed by atoms with Crippen LogP contribution < -0.4 is 0 Å². The molecule has 0 bridgehead atoms. The van der Waals surface area contributed by atoms with E-state index in [0.29, 0.717) is 25.0 Å². The van der Waals surface area contributed by atoms with E-state index in [9.17, 15) is 9.59 Å². The van der Waals surface area contributed by atoms with Gasteiger partial charge in [-0.3, -0.25) is 9.59 Å². The molecule has 0 radical (unpaired) electrons. The first kappa shape index (κ1) is 20.0. The minimum absolute atomic E-state index is 0.395. The molecule has 25 heavy (non-hydrogen) atoms. The molecule has 0 spiro atoms. The third-order valence-electron chi connectivity index (χ3n) is 5.82. The van der Waals surface area contributed by atoms with Crippen LogP contribution in [-0.4, -0.2) is 25.2 Å². The van der Waals surface area contributed by atoms with Crippen LogP contribution in [0.5, 0.6) is 0 Å². The minimum atomic E-state index is -1.33. The van der Waals surface area contributed by atoms with E-state index in [4.69, 9.17) is 9.47 Å². The van der Waals surface area contributed by atoms with Crippen molar-refractivity contribution in [3.8, 4) is 0 Å². The van der Waals surface area contributed by atoms with Crippen LogP contribution in [0, 0.1) is 17.3 Å². The van der Waals surface area contributed by atoms with Gasteiger partial charge in [-0.15, -0.1) is 0 Å². The van der Waals surface area contributed by atoms with Crippen molar-refractivity contribution in [2.45, 2.75) is 78.1 Å². The summed E-state index contributed by atoms with van der Waals surface area (Å²) in [5.74, 6) is 0.349. The van der Waals surface area contributed by atoms with Crippen molar-refractivity contribution in [1.82, 2.24) is 0 Å². The van der Waals surface area contributed by atoms with Crippen molar-refractivity contribution in [3.05, 3.63) is 12.2 Å². The third kappa shape index (κ3) is 5.86. The average molecular weight is 350 g/mol. The zero-order valence-corrected chi connectivity index (χ0v) is 15.9. The van der Waals surface area contributed by atoms with E-state index < -0.39 is 17.4 Å². The summed E-state index contributed by atoms with van der Waals surface area (Å²) in [7, 11) is 0. The lowest BCUT2D eigenvalue weighted by molar-refractivity contribution is -0.167. The SMILES string of the molecule is CC=CC(C)(C(=O)OCCC1CCCC1)C(=O)OCCC1CCCC1. The van der Waals surface area contributed by atoms with E-state index in [0.717, 1.165) is 12.8 Å². The van der Waals surface area contributed by atoms with Gasteiger partial charge in [0.15, 0.2) is 5.41 Å². The second-order valence-electron chi connectivity index (χ2n) is 7.85. The van der Waals surface area contributed by atoms with Crippen LogP contribution in [0.15, 0.2) is 12.2 Å². The van der Waals surface area contributed by atoms with Crippen molar-refractivity contribution >= 4 is 11.9 Å². The van der Waals surface area contributed by atoms with Crippen LogP contribution in [0.1, 0.15) is 78.1 Å². The van der Waals surface area contributed by atoms with Gasteiger partial charge in [0, 0.05) is 0 Å². The van der Waals surface area contributed by atoms with E-state index in [1.165, 1.54) is 51.4 Å². The maximum atomic E-state index is 12.5. The highest BCUT2D eigenvalue weighted by atomic mass is 16.6. The molecule has 0 aromatic carbocycles. The number of hydrogen-bond donors (Lipinski definition) is 0. The Hall–Kier alpha value is -1.32. The van der Waals surface area contributed by atoms with Gasteiger partial charge in [0.2, 0.25) is 0 Å². The van der Waals surface area contributed by atoms with E-state index in [1.807, 2.05) is 0 Å². The fraction of sp³-hybridized carbons (Fsp3) is 0.810. The minimum Gasteiger partial charge on any atom is -0.465 e. The lowest BCUT2D eigenvalue weighted by atomic mass is 9.90. The first-order valence-electron chi connectivity index (χ1n) is 10.0. The summed E-state index contributed by atoms with van der Waals surface area (Å²) >= 11 is 0. The molecule has 0 heterocycles. The molecule has 142 valence electrons. The molecule has 0 aromatic rings. The van der Waals surface area contributed by atoms with Gasteiger partial charge >= 0.3 is 11.9 Å². The first-order chi connectivity index (χ1) is 12.1. The number of carbonyl (C=O) groups excluding carboxylic acids is 2. The first-order valence-corrected chi connectivity index (χ1v) is 10.0. The zero-order valence-electron chi connectivity index (χ0n) is 15.9. The highest BCUT2D eigenvalue weighted by molar-refractivity contribution is 6.01. The lowest BCUT2D eigenvalue weighted by Gasteiger charge is -2.23. The molecule has 2 rings (SSSR count). The van der Waals surface area contributed by atoms with Crippen molar-refractivity contribution < 1.29 is 19.1 Å². The predicted molar refractivity (Wildman–Crippen MR) is 98.0 cm³/mol. The fourth-order valence-electron chi connectivity index (χ4n) is 4.09. The summed E-state index contributed by atoms with van der Waals surface area (Å²) in [6.07, 6.45) is 15.1. The van der Waals surface area contributed by atoms with E-state index in [1.54, 1.807) is 26.0 Å². The Bertz CT molecular complexity index is 423. The molecule has 0 unspecified atom stereocenters. The molecule has 2 aliphatic carbocycles. The summed E-state index contributed by atoms with van der Waals surface area (Å²) < 4.78 is 10.9. The molecule has 4 nitrogen and oxygen atoms in total. The predicted octanol–water partition coefficient (Wildman–Crippen LogP) is 4.82. The van der Waals surface area contributed by atoms with Crippen LogP contribution in [0.25, 0.3) is 0 Å². The standard InChI is InChI=1S/C21H34O4/c1-3-14-21(2,19(22)24-15-12-17-8-4-5-9-17)20(23)25-16-13-18-10-6-7-11-18/h3,14,17-18H,4-13,15-16H2,1-2H3. The molecular weight excluding hydrogens is 316 g/mol. The number of carbonyl (C=O) groups is 2. The number of hydrogen-bond acceptors (Lipinski definition) is 4. The van der Waals surface area contributed by atoms with Crippen molar-refractivity contribution in [2.75, 3.05) is 13.2 Å². The Kier molecular flexibility index (Phi) is 7.98. The smallest absolute Gasteiger partial charge is 0.327 e. The molecule has 2 fully saturated rings. The van der Waals surface area contributed by atoms with Crippen LogP contribution in [-0.2, 0) is 19.1 Å². The molecule has 2 saturated carbocycles. The van der Waals surface area contributed by atoms with E-state index in [2.05, 4.69) is 0 Å². The molecule has 0 aromatic heterocycles. The fourth-order valence-corrected chi connectivity index (χ4v) is 4.09. The summed E-state index contributed by atoms with van der Waals surface area (Å²) in [5.41, 5.74) is -1.33. The number of esters is 2. The Morgan fingerprint density at radius 3 is 1.64 bits per heavy atom. The maximum Gasteiger partial charge on any atom is 0.327 e. The van der Waals surface area contributed by atoms with Gasteiger partial charge in [-0.1, -0.05) is 63.5 Å². The zero-order chi connectivity index (χ0) is 18.1. The molecule has 0 aliphatic heterocycles. The van der Waals surface area contributed by atoms with Gasteiger partial charge in [0.05, 0.1) is 13.2 Å².